The molecule has 19 heavy (non-hydrogen) atoms. The Hall–Kier alpha value is -1.75. The van der Waals surface area contributed by atoms with Crippen LogP contribution in [0.3, 0.4) is 0 Å². The van der Waals surface area contributed by atoms with Crippen molar-refractivity contribution in [3.63, 3.8) is 0 Å². The molecule has 1 heterocycles. The Morgan fingerprint density at radius 3 is 2.84 bits per heavy atom. The van der Waals surface area contributed by atoms with Gasteiger partial charge < -0.3 is 9.84 Å². The molecule has 0 saturated heterocycles. The lowest BCUT2D eigenvalue weighted by molar-refractivity contribution is 0.333. The topological polar surface area (TPSA) is 51.0 Å². The number of likely N-dealkylation sites (N-methyl/N-ethyl adjacent to an activating group) is 1. The van der Waals surface area contributed by atoms with Crippen molar-refractivity contribution in [1.29, 1.82) is 0 Å². The predicted octanol–water partition coefficient (Wildman–Crippen LogP) is 2.51. The molecule has 2 atom stereocenters. The molecular weight excluding hydrogens is 245 g/mol. The number of hydrogen-bond acceptors (Lipinski definition) is 4. The second kappa shape index (κ2) is 5.93. The number of nitrogens with one attached hydrogen (secondary N) is 1. The monoisotopic (exact) mass is 263 g/mol. The van der Waals surface area contributed by atoms with E-state index in [0.717, 1.165) is 5.56 Å². The van der Waals surface area contributed by atoms with Crippen molar-refractivity contribution in [3.8, 4) is 0 Å². The SMILES string of the molecule is CNC(C)C(C)c1nc(Cc2cccc(F)c2)no1. The molecule has 0 amide bonds. The maximum atomic E-state index is 13.1. The third-order valence-corrected chi connectivity index (χ3v) is 3.33. The first-order valence-corrected chi connectivity index (χ1v) is 6.34. The fourth-order valence-corrected chi connectivity index (χ4v) is 1.82. The standard InChI is InChI=1S/C14H18FN3O/c1-9(10(2)16-3)14-17-13(18-19-14)8-11-5-4-6-12(15)7-11/h4-7,9-10,16H,8H2,1-3H3. The summed E-state index contributed by atoms with van der Waals surface area (Å²) in [6.07, 6.45) is 0.474. The second-order valence-corrected chi connectivity index (χ2v) is 4.72. The highest BCUT2D eigenvalue weighted by Crippen LogP contribution is 2.18. The summed E-state index contributed by atoms with van der Waals surface area (Å²) in [5.74, 6) is 1.07. The van der Waals surface area contributed by atoms with Crippen LogP contribution in [0, 0.1) is 5.82 Å². The van der Waals surface area contributed by atoms with E-state index in [0.29, 0.717) is 18.1 Å². The molecule has 4 nitrogen and oxygen atoms in total. The van der Waals surface area contributed by atoms with Gasteiger partial charge >= 0.3 is 0 Å². The van der Waals surface area contributed by atoms with Crippen LogP contribution in [0.15, 0.2) is 28.8 Å². The summed E-state index contributed by atoms with van der Waals surface area (Å²) in [6.45, 7) is 4.09. The van der Waals surface area contributed by atoms with Gasteiger partial charge in [0.1, 0.15) is 5.82 Å². The summed E-state index contributed by atoms with van der Waals surface area (Å²) in [7, 11) is 1.89. The van der Waals surface area contributed by atoms with E-state index in [1.165, 1.54) is 12.1 Å². The number of rotatable bonds is 5. The normalized spacial score (nSPS) is 14.3. The lowest BCUT2D eigenvalue weighted by atomic mass is 10.0. The third-order valence-electron chi connectivity index (χ3n) is 3.33. The zero-order valence-electron chi connectivity index (χ0n) is 11.4. The minimum absolute atomic E-state index is 0.138. The molecular formula is C14H18FN3O. The molecule has 2 rings (SSSR count). The number of aromatic nitrogens is 2. The highest BCUT2D eigenvalue weighted by molar-refractivity contribution is 5.19. The Morgan fingerprint density at radius 2 is 2.16 bits per heavy atom. The van der Waals surface area contributed by atoms with E-state index >= 15 is 0 Å². The predicted molar refractivity (Wildman–Crippen MR) is 70.4 cm³/mol. The van der Waals surface area contributed by atoms with Gasteiger partial charge in [0.2, 0.25) is 5.89 Å². The van der Waals surface area contributed by atoms with E-state index in [-0.39, 0.29) is 17.8 Å². The van der Waals surface area contributed by atoms with Gasteiger partial charge in [0, 0.05) is 12.5 Å². The van der Waals surface area contributed by atoms with Crippen molar-refractivity contribution in [2.75, 3.05) is 7.05 Å². The van der Waals surface area contributed by atoms with Crippen molar-refractivity contribution < 1.29 is 8.91 Å². The summed E-state index contributed by atoms with van der Waals surface area (Å²) in [4.78, 5) is 4.36. The Morgan fingerprint density at radius 1 is 1.37 bits per heavy atom. The molecule has 0 bridgehead atoms. The molecule has 102 valence electrons. The summed E-state index contributed by atoms with van der Waals surface area (Å²) in [6, 6.07) is 6.68. The van der Waals surface area contributed by atoms with Crippen molar-refractivity contribution in [3.05, 3.63) is 47.4 Å². The van der Waals surface area contributed by atoms with E-state index in [1.807, 2.05) is 20.0 Å². The molecule has 0 saturated carbocycles. The van der Waals surface area contributed by atoms with E-state index in [1.54, 1.807) is 6.07 Å². The number of nitrogens with zero attached hydrogens (tertiary/aromatic N) is 2. The smallest absolute Gasteiger partial charge is 0.231 e. The zero-order chi connectivity index (χ0) is 13.8. The highest BCUT2D eigenvalue weighted by Gasteiger charge is 2.19. The number of benzene rings is 1. The largest absolute Gasteiger partial charge is 0.339 e. The average Bonchev–Trinajstić information content (AvgIpc) is 2.85. The highest BCUT2D eigenvalue weighted by atomic mass is 19.1. The molecule has 0 fully saturated rings. The molecule has 5 heteroatoms. The molecule has 0 radical (unpaired) electrons. The average molecular weight is 263 g/mol. The fourth-order valence-electron chi connectivity index (χ4n) is 1.82. The van der Waals surface area contributed by atoms with Crippen LogP contribution in [0.25, 0.3) is 0 Å². The lowest BCUT2D eigenvalue weighted by Crippen LogP contribution is -2.27. The lowest BCUT2D eigenvalue weighted by Gasteiger charge is -2.14. The Kier molecular flexibility index (Phi) is 4.27. The first kappa shape index (κ1) is 13.7. The summed E-state index contributed by atoms with van der Waals surface area (Å²) >= 11 is 0. The van der Waals surface area contributed by atoms with Gasteiger partial charge in [0.15, 0.2) is 5.82 Å². The van der Waals surface area contributed by atoms with Crippen LogP contribution in [0.1, 0.15) is 37.0 Å². The van der Waals surface area contributed by atoms with Gasteiger partial charge in [-0.2, -0.15) is 4.98 Å². The Balaban J connectivity index is 2.09. The maximum Gasteiger partial charge on any atom is 0.231 e. The van der Waals surface area contributed by atoms with Crippen LogP contribution in [-0.2, 0) is 6.42 Å². The van der Waals surface area contributed by atoms with Crippen molar-refractivity contribution in [1.82, 2.24) is 15.5 Å². The fraction of sp³-hybridized carbons (Fsp3) is 0.429. The van der Waals surface area contributed by atoms with Gasteiger partial charge in [-0.1, -0.05) is 24.2 Å². The van der Waals surface area contributed by atoms with Crippen LogP contribution in [-0.4, -0.2) is 23.2 Å². The van der Waals surface area contributed by atoms with Crippen LogP contribution in [0.5, 0.6) is 0 Å². The van der Waals surface area contributed by atoms with Gasteiger partial charge in [-0.15, -0.1) is 0 Å². The molecule has 2 aromatic rings. The van der Waals surface area contributed by atoms with Crippen molar-refractivity contribution in [2.45, 2.75) is 32.2 Å². The van der Waals surface area contributed by atoms with Crippen molar-refractivity contribution >= 4 is 0 Å². The number of hydrogen-bond donors (Lipinski definition) is 1. The molecule has 1 aromatic heterocycles. The third kappa shape index (κ3) is 3.38. The zero-order valence-corrected chi connectivity index (χ0v) is 11.4. The maximum absolute atomic E-state index is 13.1. The summed E-state index contributed by atoms with van der Waals surface area (Å²) in [5.41, 5.74) is 0.835. The van der Waals surface area contributed by atoms with Crippen LogP contribution in [0.4, 0.5) is 4.39 Å². The quantitative estimate of drug-likeness (QED) is 0.900. The first-order valence-electron chi connectivity index (χ1n) is 6.34. The minimum atomic E-state index is -0.251. The molecule has 1 aromatic carbocycles. The van der Waals surface area contributed by atoms with Gasteiger partial charge in [-0.3, -0.25) is 0 Å². The molecule has 0 aliphatic rings. The van der Waals surface area contributed by atoms with E-state index in [2.05, 4.69) is 22.4 Å². The second-order valence-electron chi connectivity index (χ2n) is 4.72. The molecule has 0 spiro atoms. The molecule has 1 N–H and O–H groups in total. The van der Waals surface area contributed by atoms with Crippen LogP contribution >= 0.6 is 0 Å². The van der Waals surface area contributed by atoms with Crippen LogP contribution in [0.2, 0.25) is 0 Å². The Bertz CT molecular complexity index is 541. The van der Waals surface area contributed by atoms with Gasteiger partial charge in [0.25, 0.3) is 0 Å². The Labute approximate surface area is 112 Å². The summed E-state index contributed by atoms with van der Waals surface area (Å²) < 4.78 is 18.3. The first-order chi connectivity index (χ1) is 9.10. The molecule has 0 aliphatic heterocycles. The summed E-state index contributed by atoms with van der Waals surface area (Å²) in [5, 5.41) is 7.09. The molecule has 0 aliphatic carbocycles. The van der Waals surface area contributed by atoms with Crippen molar-refractivity contribution in [2.24, 2.45) is 0 Å². The van der Waals surface area contributed by atoms with E-state index in [4.69, 9.17) is 4.52 Å². The van der Waals surface area contributed by atoms with E-state index in [9.17, 15) is 4.39 Å². The van der Waals surface area contributed by atoms with Gasteiger partial charge in [-0.25, -0.2) is 4.39 Å². The minimum Gasteiger partial charge on any atom is -0.339 e. The molecule has 2 unspecified atom stereocenters. The van der Waals surface area contributed by atoms with Gasteiger partial charge in [-0.05, 0) is 31.7 Å². The van der Waals surface area contributed by atoms with Gasteiger partial charge in [0.05, 0.1) is 5.92 Å². The number of halogens is 1. The van der Waals surface area contributed by atoms with Crippen LogP contribution < -0.4 is 5.32 Å². The van der Waals surface area contributed by atoms with E-state index < -0.39 is 0 Å².